The summed E-state index contributed by atoms with van der Waals surface area (Å²) < 4.78 is 43.8. The number of hydrogen-bond acceptors (Lipinski definition) is 3. The van der Waals surface area contributed by atoms with Crippen LogP contribution < -0.4 is 0 Å². The Kier molecular flexibility index (Phi) is 4.88. The summed E-state index contributed by atoms with van der Waals surface area (Å²) in [5.41, 5.74) is -0.809. The zero-order valence-corrected chi connectivity index (χ0v) is 9.58. The number of esters is 1. The summed E-state index contributed by atoms with van der Waals surface area (Å²) in [6, 6.07) is 2.01. The smallest absolute Gasteiger partial charge is 0.349 e. The molecule has 0 aliphatic rings. The van der Waals surface area contributed by atoms with Crippen LogP contribution in [0.25, 0.3) is 0 Å². The molecule has 0 amide bonds. The largest absolute Gasteiger partial charge is 0.463 e. The summed E-state index contributed by atoms with van der Waals surface area (Å²) in [7, 11) is 0. The molecular formula is C12H11F3O3. The number of Topliss-reactive ketones (excluding diaryl/α,β-unsaturated/α-hetero) is 1. The van der Waals surface area contributed by atoms with E-state index in [4.69, 9.17) is 0 Å². The van der Waals surface area contributed by atoms with Crippen LogP contribution in [0.2, 0.25) is 0 Å². The third-order valence-corrected chi connectivity index (χ3v) is 2.08. The van der Waals surface area contributed by atoms with E-state index in [1.807, 2.05) is 0 Å². The quantitative estimate of drug-likeness (QED) is 0.464. The van der Waals surface area contributed by atoms with Crippen LogP contribution in [0.4, 0.5) is 13.2 Å². The van der Waals surface area contributed by atoms with Gasteiger partial charge < -0.3 is 4.74 Å². The van der Waals surface area contributed by atoms with Crippen LogP contribution in [0.3, 0.4) is 0 Å². The molecule has 0 spiro atoms. The Morgan fingerprint density at radius 3 is 2.61 bits per heavy atom. The third-order valence-electron chi connectivity index (χ3n) is 2.08. The fraction of sp³-hybridized carbons (Fsp3) is 0.333. The zero-order chi connectivity index (χ0) is 13.7. The van der Waals surface area contributed by atoms with Crippen LogP contribution in [0.1, 0.15) is 23.7 Å². The van der Waals surface area contributed by atoms with Crippen molar-refractivity contribution in [3.63, 3.8) is 0 Å². The van der Waals surface area contributed by atoms with Gasteiger partial charge in [0.1, 0.15) is 11.6 Å². The Morgan fingerprint density at radius 2 is 2.00 bits per heavy atom. The molecule has 0 aromatic heterocycles. The van der Waals surface area contributed by atoms with Crippen molar-refractivity contribution in [2.75, 3.05) is 6.61 Å². The Labute approximate surface area is 102 Å². The number of benzene rings is 1. The van der Waals surface area contributed by atoms with Gasteiger partial charge in [-0.05, 0) is 24.6 Å². The Morgan fingerprint density at radius 1 is 1.33 bits per heavy atom. The average Bonchev–Trinajstić information content (AvgIpc) is 2.37. The molecule has 1 atom stereocenters. The maximum Gasteiger partial charge on any atom is 0.349 e. The predicted octanol–water partition coefficient (Wildman–Crippen LogP) is 2.44. The second-order valence-electron chi connectivity index (χ2n) is 3.52. The van der Waals surface area contributed by atoms with E-state index < -0.39 is 35.1 Å². The van der Waals surface area contributed by atoms with Gasteiger partial charge in [0.05, 0.1) is 12.2 Å². The van der Waals surface area contributed by atoms with Crippen molar-refractivity contribution in [1.82, 2.24) is 0 Å². The molecule has 0 saturated heterocycles. The van der Waals surface area contributed by atoms with Crippen LogP contribution in [-0.2, 0) is 9.53 Å². The van der Waals surface area contributed by atoms with E-state index in [-0.39, 0.29) is 6.61 Å². The molecule has 0 heterocycles. The number of ketones is 1. The predicted molar refractivity (Wildman–Crippen MR) is 56.8 cm³/mol. The second-order valence-corrected chi connectivity index (χ2v) is 3.52. The van der Waals surface area contributed by atoms with Gasteiger partial charge in [-0.2, -0.15) is 0 Å². The summed E-state index contributed by atoms with van der Waals surface area (Å²) in [6.07, 6.45) is -2.19. The molecule has 0 bridgehead atoms. The molecule has 0 saturated carbocycles. The number of hydrogen-bond donors (Lipinski definition) is 0. The number of rotatable bonds is 5. The molecule has 1 rings (SSSR count). The molecule has 1 aromatic carbocycles. The summed E-state index contributed by atoms with van der Waals surface area (Å²) in [5, 5.41) is 0. The Balaban J connectivity index is 2.86. The van der Waals surface area contributed by atoms with Crippen molar-refractivity contribution in [3.05, 3.63) is 35.4 Å². The normalized spacial score (nSPS) is 12.0. The molecule has 0 N–H and O–H groups in total. The number of ether oxygens (including phenoxy) is 1. The van der Waals surface area contributed by atoms with E-state index in [0.29, 0.717) is 18.6 Å². The van der Waals surface area contributed by atoms with Gasteiger partial charge in [0.2, 0.25) is 5.78 Å². The number of halogens is 3. The second kappa shape index (κ2) is 6.18. The highest BCUT2D eigenvalue weighted by Crippen LogP contribution is 2.14. The van der Waals surface area contributed by atoms with E-state index in [1.165, 1.54) is 0 Å². The van der Waals surface area contributed by atoms with Crippen molar-refractivity contribution in [2.24, 2.45) is 0 Å². The van der Waals surface area contributed by atoms with Gasteiger partial charge in [0, 0.05) is 0 Å². The highest BCUT2D eigenvalue weighted by Gasteiger charge is 2.30. The fourth-order valence-corrected chi connectivity index (χ4v) is 1.21. The lowest BCUT2D eigenvalue weighted by atomic mass is 10.1. The van der Waals surface area contributed by atoms with Crippen molar-refractivity contribution < 1.29 is 27.5 Å². The molecule has 0 aliphatic carbocycles. The summed E-state index contributed by atoms with van der Waals surface area (Å²) >= 11 is 0. The number of carbonyl (C=O) groups excluding carboxylic acids is 2. The van der Waals surface area contributed by atoms with Crippen LogP contribution >= 0.6 is 0 Å². The van der Waals surface area contributed by atoms with E-state index in [9.17, 15) is 22.8 Å². The van der Waals surface area contributed by atoms with E-state index in [2.05, 4.69) is 4.74 Å². The molecular weight excluding hydrogens is 249 g/mol. The van der Waals surface area contributed by atoms with Crippen LogP contribution in [0, 0.1) is 11.6 Å². The summed E-state index contributed by atoms with van der Waals surface area (Å²) in [4.78, 5) is 22.5. The van der Waals surface area contributed by atoms with Gasteiger partial charge in [-0.3, -0.25) is 4.79 Å². The first kappa shape index (κ1) is 14.2. The molecule has 0 aliphatic heterocycles. The molecule has 1 unspecified atom stereocenters. The molecule has 0 fully saturated rings. The van der Waals surface area contributed by atoms with Gasteiger partial charge in [0.15, 0.2) is 0 Å². The molecule has 3 nitrogen and oxygen atoms in total. The molecule has 18 heavy (non-hydrogen) atoms. The van der Waals surface area contributed by atoms with Crippen LogP contribution in [0.5, 0.6) is 0 Å². The maximum absolute atomic E-state index is 13.4. The van der Waals surface area contributed by atoms with Gasteiger partial charge >= 0.3 is 5.97 Å². The first-order chi connectivity index (χ1) is 8.47. The summed E-state index contributed by atoms with van der Waals surface area (Å²) in [5.74, 6) is -4.83. The molecule has 6 heteroatoms. The lowest BCUT2D eigenvalue weighted by Crippen LogP contribution is -2.28. The SMILES string of the molecule is CCCOC(=O)C(F)C(=O)c1cc(F)ccc1F. The maximum atomic E-state index is 13.4. The van der Waals surface area contributed by atoms with E-state index in [1.54, 1.807) is 6.92 Å². The number of alkyl halides is 1. The van der Waals surface area contributed by atoms with Crippen molar-refractivity contribution in [2.45, 2.75) is 19.5 Å². The van der Waals surface area contributed by atoms with E-state index in [0.717, 1.165) is 6.07 Å². The van der Waals surface area contributed by atoms with Crippen molar-refractivity contribution in [3.8, 4) is 0 Å². The van der Waals surface area contributed by atoms with Gasteiger partial charge in [-0.25, -0.2) is 18.0 Å². The molecule has 0 radical (unpaired) electrons. The van der Waals surface area contributed by atoms with Gasteiger partial charge in [-0.1, -0.05) is 6.92 Å². The van der Waals surface area contributed by atoms with Crippen LogP contribution in [-0.4, -0.2) is 24.5 Å². The Hall–Kier alpha value is -1.85. The first-order valence-corrected chi connectivity index (χ1v) is 5.27. The minimum atomic E-state index is -2.65. The monoisotopic (exact) mass is 260 g/mol. The first-order valence-electron chi connectivity index (χ1n) is 5.27. The zero-order valence-electron chi connectivity index (χ0n) is 9.58. The highest BCUT2D eigenvalue weighted by atomic mass is 19.1. The molecule has 1 aromatic rings. The lowest BCUT2D eigenvalue weighted by Gasteiger charge is -2.08. The topological polar surface area (TPSA) is 43.4 Å². The van der Waals surface area contributed by atoms with Crippen LogP contribution in [0.15, 0.2) is 18.2 Å². The standard InChI is InChI=1S/C12H11F3O3/c1-2-5-18-12(17)10(15)11(16)8-6-7(13)3-4-9(8)14/h3-4,6,10H,2,5H2,1H3. The van der Waals surface area contributed by atoms with Crippen molar-refractivity contribution in [1.29, 1.82) is 0 Å². The fourth-order valence-electron chi connectivity index (χ4n) is 1.21. The minimum Gasteiger partial charge on any atom is -0.463 e. The molecule has 98 valence electrons. The Bertz CT molecular complexity index is 460. The van der Waals surface area contributed by atoms with Crippen molar-refractivity contribution >= 4 is 11.8 Å². The summed E-state index contributed by atoms with van der Waals surface area (Å²) in [6.45, 7) is 1.65. The highest BCUT2D eigenvalue weighted by molar-refractivity contribution is 6.11. The van der Waals surface area contributed by atoms with E-state index >= 15 is 0 Å². The lowest BCUT2D eigenvalue weighted by molar-refractivity contribution is -0.147. The van der Waals surface area contributed by atoms with Gasteiger partial charge in [0.25, 0.3) is 6.17 Å². The minimum absolute atomic E-state index is 0.0435. The number of carbonyl (C=O) groups is 2. The third kappa shape index (κ3) is 3.32. The average molecular weight is 260 g/mol. The van der Waals surface area contributed by atoms with Gasteiger partial charge in [-0.15, -0.1) is 0 Å².